The summed E-state index contributed by atoms with van der Waals surface area (Å²) in [5, 5.41) is 0.242. The lowest BCUT2D eigenvalue weighted by molar-refractivity contribution is -0.121. The summed E-state index contributed by atoms with van der Waals surface area (Å²) in [5.74, 6) is -0.196. The third kappa shape index (κ3) is 3.76. The Labute approximate surface area is 167 Å². The van der Waals surface area contributed by atoms with Crippen LogP contribution in [0.4, 0.5) is 11.4 Å². The number of nitrogens with one attached hydrogen (secondary N) is 1. The average molecular weight is 425 g/mol. The number of ether oxygens (including phenoxy) is 2. The SMILES string of the molecule is COc1ccc(NS(=O)(=O)c2ccc(OC)c(N3C(=O)CCC3=O)c2)cc1Cl. The molecule has 3 rings (SSSR count). The molecule has 0 atom stereocenters. The van der Waals surface area contributed by atoms with Gasteiger partial charge in [-0.15, -0.1) is 0 Å². The molecule has 0 saturated carbocycles. The third-order valence-corrected chi connectivity index (χ3v) is 5.83. The summed E-state index contributed by atoms with van der Waals surface area (Å²) in [7, 11) is -1.20. The maximum Gasteiger partial charge on any atom is 0.261 e. The Balaban J connectivity index is 1.98. The van der Waals surface area contributed by atoms with Crippen LogP contribution in [-0.2, 0) is 19.6 Å². The molecule has 2 amide bonds. The van der Waals surface area contributed by atoms with E-state index in [0.29, 0.717) is 5.75 Å². The number of nitrogens with zero attached hydrogens (tertiary/aromatic N) is 1. The lowest BCUT2D eigenvalue weighted by Crippen LogP contribution is -2.29. The van der Waals surface area contributed by atoms with Gasteiger partial charge < -0.3 is 9.47 Å². The predicted octanol–water partition coefficient (Wildman–Crippen LogP) is 2.81. The molecule has 2 aromatic carbocycles. The Bertz CT molecular complexity index is 1040. The number of amides is 2. The number of carbonyl (C=O) groups is 2. The maximum absolute atomic E-state index is 12.8. The van der Waals surface area contributed by atoms with Gasteiger partial charge in [-0.25, -0.2) is 13.3 Å². The first kappa shape index (κ1) is 20.0. The summed E-state index contributed by atoms with van der Waals surface area (Å²) in [6.07, 6.45) is 0.142. The molecular weight excluding hydrogens is 408 g/mol. The van der Waals surface area contributed by atoms with Gasteiger partial charge in [0.05, 0.1) is 35.5 Å². The van der Waals surface area contributed by atoms with Crippen LogP contribution in [0.25, 0.3) is 0 Å². The van der Waals surface area contributed by atoms with E-state index in [-0.39, 0.29) is 39.9 Å². The van der Waals surface area contributed by atoms with Crippen LogP contribution < -0.4 is 19.1 Å². The molecule has 0 bridgehead atoms. The highest BCUT2D eigenvalue weighted by atomic mass is 35.5. The van der Waals surface area contributed by atoms with Crippen LogP contribution in [0.5, 0.6) is 11.5 Å². The van der Waals surface area contributed by atoms with Gasteiger partial charge in [-0.1, -0.05) is 11.6 Å². The molecule has 0 radical (unpaired) electrons. The van der Waals surface area contributed by atoms with Crippen LogP contribution in [0, 0.1) is 0 Å². The molecule has 1 heterocycles. The zero-order chi connectivity index (χ0) is 20.5. The summed E-state index contributed by atoms with van der Waals surface area (Å²) in [6, 6.07) is 8.38. The third-order valence-electron chi connectivity index (χ3n) is 4.16. The van der Waals surface area contributed by atoms with Crippen LogP contribution in [0.2, 0.25) is 5.02 Å². The first-order valence-corrected chi connectivity index (χ1v) is 10.0. The van der Waals surface area contributed by atoms with Gasteiger partial charge in [-0.2, -0.15) is 0 Å². The number of carbonyl (C=O) groups excluding carboxylic acids is 2. The fraction of sp³-hybridized carbons (Fsp3) is 0.222. The molecule has 1 saturated heterocycles. The highest BCUT2D eigenvalue weighted by molar-refractivity contribution is 7.92. The summed E-state index contributed by atoms with van der Waals surface area (Å²) >= 11 is 6.03. The lowest BCUT2D eigenvalue weighted by Gasteiger charge is -2.18. The number of hydrogen-bond donors (Lipinski definition) is 1. The molecule has 28 heavy (non-hydrogen) atoms. The number of hydrogen-bond acceptors (Lipinski definition) is 6. The van der Waals surface area contributed by atoms with Gasteiger partial charge in [0.15, 0.2) is 0 Å². The van der Waals surface area contributed by atoms with E-state index in [1.807, 2.05) is 0 Å². The second-order valence-electron chi connectivity index (χ2n) is 5.91. The molecular formula is C18H17ClN2O6S. The van der Waals surface area contributed by atoms with Crippen LogP contribution >= 0.6 is 11.6 Å². The Morgan fingerprint density at radius 1 is 0.964 bits per heavy atom. The second-order valence-corrected chi connectivity index (χ2v) is 8.00. The highest BCUT2D eigenvalue weighted by Crippen LogP contribution is 2.35. The fourth-order valence-electron chi connectivity index (χ4n) is 2.80. The molecule has 1 N–H and O–H groups in total. The van der Waals surface area contributed by atoms with Gasteiger partial charge in [-0.3, -0.25) is 14.3 Å². The second kappa shape index (κ2) is 7.69. The molecule has 1 fully saturated rings. The van der Waals surface area contributed by atoms with Crippen LogP contribution in [0.15, 0.2) is 41.3 Å². The van der Waals surface area contributed by atoms with Crippen LogP contribution in [0.3, 0.4) is 0 Å². The van der Waals surface area contributed by atoms with Crippen molar-refractivity contribution in [2.75, 3.05) is 23.8 Å². The number of sulfonamides is 1. The van der Waals surface area contributed by atoms with Crippen LogP contribution in [0.1, 0.15) is 12.8 Å². The smallest absolute Gasteiger partial charge is 0.261 e. The minimum Gasteiger partial charge on any atom is -0.495 e. The molecule has 1 aliphatic rings. The van der Waals surface area contributed by atoms with E-state index >= 15 is 0 Å². The van der Waals surface area contributed by atoms with Crippen molar-refractivity contribution in [3.63, 3.8) is 0 Å². The average Bonchev–Trinajstić information content (AvgIpc) is 2.99. The zero-order valence-corrected chi connectivity index (χ0v) is 16.6. The van der Waals surface area contributed by atoms with Gasteiger partial charge in [0.2, 0.25) is 11.8 Å². The van der Waals surface area contributed by atoms with E-state index in [1.54, 1.807) is 0 Å². The number of imide groups is 1. The molecule has 10 heteroatoms. The Morgan fingerprint density at radius 2 is 1.57 bits per heavy atom. The van der Waals surface area contributed by atoms with E-state index in [9.17, 15) is 18.0 Å². The Kier molecular flexibility index (Phi) is 5.48. The molecule has 0 aliphatic carbocycles. The van der Waals surface area contributed by atoms with Crippen molar-refractivity contribution in [2.24, 2.45) is 0 Å². The summed E-state index contributed by atoms with van der Waals surface area (Å²) in [6.45, 7) is 0. The molecule has 1 aliphatic heterocycles. The highest BCUT2D eigenvalue weighted by Gasteiger charge is 2.33. The van der Waals surface area contributed by atoms with Crippen molar-refractivity contribution in [1.82, 2.24) is 0 Å². The van der Waals surface area contributed by atoms with E-state index in [0.717, 1.165) is 4.90 Å². The van der Waals surface area contributed by atoms with Gasteiger partial charge >= 0.3 is 0 Å². The minimum absolute atomic E-state index is 0.0710. The number of benzene rings is 2. The number of anilines is 2. The van der Waals surface area contributed by atoms with E-state index in [1.165, 1.54) is 50.6 Å². The monoisotopic (exact) mass is 424 g/mol. The predicted molar refractivity (Wildman–Crippen MR) is 104 cm³/mol. The van der Waals surface area contributed by atoms with Crippen molar-refractivity contribution in [3.8, 4) is 11.5 Å². The number of halogens is 1. The quantitative estimate of drug-likeness (QED) is 0.715. The Hall–Kier alpha value is -2.78. The lowest BCUT2D eigenvalue weighted by atomic mass is 10.2. The van der Waals surface area contributed by atoms with Gasteiger partial charge in [0.1, 0.15) is 11.5 Å². The van der Waals surface area contributed by atoms with Crippen molar-refractivity contribution >= 4 is 44.8 Å². The first-order chi connectivity index (χ1) is 13.3. The summed E-state index contributed by atoms with van der Waals surface area (Å²) < 4.78 is 38.2. The minimum atomic E-state index is -4.02. The summed E-state index contributed by atoms with van der Waals surface area (Å²) in [4.78, 5) is 24.9. The van der Waals surface area contributed by atoms with E-state index < -0.39 is 21.8 Å². The van der Waals surface area contributed by atoms with E-state index in [2.05, 4.69) is 4.72 Å². The van der Waals surface area contributed by atoms with Gasteiger partial charge in [-0.05, 0) is 36.4 Å². The molecule has 148 valence electrons. The van der Waals surface area contributed by atoms with Crippen molar-refractivity contribution in [1.29, 1.82) is 0 Å². The summed E-state index contributed by atoms with van der Waals surface area (Å²) in [5.41, 5.74) is 0.321. The first-order valence-electron chi connectivity index (χ1n) is 8.17. The topological polar surface area (TPSA) is 102 Å². The van der Waals surface area contributed by atoms with Crippen LogP contribution in [-0.4, -0.2) is 34.5 Å². The number of rotatable bonds is 6. The Morgan fingerprint density at radius 3 is 2.14 bits per heavy atom. The maximum atomic E-state index is 12.8. The molecule has 8 nitrogen and oxygen atoms in total. The zero-order valence-electron chi connectivity index (χ0n) is 15.1. The molecule has 0 aromatic heterocycles. The molecule has 0 unspecified atom stereocenters. The standard InChI is InChI=1S/C18H17ClN2O6S/c1-26-15-5-3-11(9-13(15)19)20-28(24,25)12-4-6-16(27-2)14(10-12)21-17(22)7-8-18(21)23/h3-6,9-10,20H,7-8H2,1-2H3. The fourth-order valence-corrected chi connectivity index (χ4v) is 4.13. The van der Waals surface area contributed by atoms with E-state index in [4.69, 9.17) is 21.1 Å². The van der Waals surface area contributed by atoms with Crippen molar-refractivity contribution < 1.29 is 27.5 Å². The molecule has 2 aromatic rings. The van der Waals surface area contributed by atoms with Crippen molar-refractivity contribution in [2.45, 2.75) is 17.7 Å². The normalized spacial score (nSPS) is 14.3. The van der Waals surface area contributed by atoms with Crippen molar-refractivity contribution in [3.05, 3.63) is 41.4 Å². The number of methoxy groups -OCH3 is 2. The van der Waals surface area contributed by atoms with Gasteiger partial charge in [0, 0.05) is 12.8 Å². The molecule has 0 spiro atoms. The van der Waals surface area contributed by atoms with Gasteiger partial charge in [0.25, 0.3) is 10.0 Å². The largest absolute Gasteiger partial charge is 0.495 e.